The molecule has 0 aliphatic carbocycles. The molecule has 2 rings (SSSR count). The first-order chi connectivity index (χ1) is 12.6. The van der Waals surface area contributed by atoms with Crippen molar-refractivity contribution in [2.75, 3.05) is 39.3 Å². The zero-order chi connectivity index (χ0) is 18.8. The second-order valence-electron chi connectivity index (χ2n) is 5.24. The molecule has 0 saturated carbocycles. The first-order valence-electron chi connectivity index (χ1n) is 8.28. The van der Waals surface area contributed by atoms with Crippen LogP contribution in [0.15, 0.2) is 42.5 Å². The fourth-order valence-electron chi connectivity index (χ4n) is 2.17. The Labute approximate surface area is 153 Å². The maximum atomic E-state index is 11.9. The van der Waals surface area contributed by atoms with Crippen molar-refractivity contribution in [3.63, 3.8) is 0 Å². The van der Waals surface area contributed by atoms with Crippen LogP contribution in [0.2, 0.25) is 0 Å². The lowest BCUT2D eigenvalue weighted by Crippen LogP contribution is -2.32. The lowest BCUT2D eigenvalue weighted by molar-refractivity contribution is 0.247. The van der Waals surface area contributed by atoms with Crippen molar-refractivity contribution in [3.8, 4) is 23.0 Å². The third-order valence-electron chi connectivity index (χ3n) is 3.40. The van der Waals surface area contributed by atoms with Gasteiger partial charge in [-0.05, 0) is 31.2 Å². The highest BCUT2D eigenvalue weighted by molar-refractivity contribution is 5.89. The van der Waals surface area contributed by atoms with Crippen molar-refractivity contribution >= 4 is 11.7 Å². The molecule has 0 unspecified atom stereocenters. The summed E-state index contributed by atoms with van der Waals surface area (Å²) in [5.41, 5.74) is 0.685. The van der Waals surface area contributed by atoms with Gasteiger partial charge in [-0.3, -0.25) is 0 Å². The number of urea groups is 1. The van der Waals surface area contributed by atoms with Gasteiger partial charge in [0.2, 0.25) is 0 Å². The van der Waals surface area contributed by atoms with E-state index in [0.717, 1.165) is 5.75 Å². The highest BCUT2D eigenvalue weighted by atomic mass is 16.5. The third-order valence-corrected chi connectivity index (χ3v) is 3.40. The SMILES string of the molecule is CCOc1ccc(NC(=O)NCCOc2cc(OC)cc(OC)c2)cc1. The summed E-state index contributed by atoms with van der Waals surface area (Å²) in [4.78, 5) is 11.9. The average Bonchev–Trinajstić information content (AvgIpc) is 2.66. The molecule has 140 valence electrons. The third kappa shape index (κ3) is 6.08. The standard InChI is InChI=1S/C19H24N2O5/c1-4-25-15-7-5-14(6-8-15)21-19(22)20-9-10-26-18-12-16(23-2)11-17(13-18)24-3/h5-8,11-13H,4,9-10H2,1-3H3,(H2,20,21,22). The molecule has 2 aromatic rings. The minimum absolute atomic E-state index is 0.305. The average molecular weight is 360 g/mol. The zero-order valence-corrected chi connectivity index (χ0v) is 15.2. The number of methoxy groups -OCH3 is 2. The van der Waals surface area contributed by atoms with Gasteiger partial charge in [-0.25, -0.2) is 4.79 Å². The number of ether oxygens (including phenoxy) is 4. The van der Waals surface area contributed by atoms with Crippen LogP contribution in [0, 0.1) is 0 Å². The fourth-order valence-corrected chi connectivity index (χ4v) is 2.17. The second-order valence-corrected chi connectivity index (χ2v) is 5.24. The van der Waals surface area contributed by atoms with Crippen LogP contribution >= 0.6 is 0 Å². The van der Waals surface area contributed by atoms with Crippen molar-refractivity contribution in [3.05, 3.63) is 42.5 Å². The molecule has 2 aromatic carbocycles. The summed E-state index contributed by atoms with van der Waals surface area (Å²) >= 11 is 0. The van der Waals surface area contributed by atoms with Crippen LogP contribution in [-0.2, 0) is 0 Å². The number of benzene rings is 2. The molecule has 26 heavy (non-hydrogen) atoms. The van der Waals surface area contributed by atoms with E-state index in [9.17, 15) is 4.79 Å². The molecular formula is C19H24N2O5. The smallest absolute Gasteiger partial charge is 0.319 e. The Bertz CT molecular complexity index is 681. The molecular weight excluding hydrogens is 336 g/mol. The van der Waals surface area contributed by atoms with Crippen LogP contribution in [-0.4, -0.2) is 40.0 Å². The highest BCUT2D eigenvalue weighted by Crippen LogP contribution is 2.27. The van der Waals surface area contributed by atoms with Gasteiger partial charge in [-0.1, -0.05) is 0 Å². The Morgan fingerprint density at radius 3 is 2.08 bits per heavy atom. The maximum absolute atomic E-state index is 11.9. The molecule has 7 heteroatoms. The first-order valence-corrected chi connectivity index (χ1v) is 8.28. The molecule has 0 saturated heterocycles. The van der Waals surface area contributed by atoms with Crippen LogP contribution in [0.4, 0.5) is 10.5 Å². The Morgan fingerprint density at radius 2 is 1.50 bits per heavy atom. The van der Waals surface area contributed by atoms with Gasteiger partial charge in [0.25, 0.3) is 0 Å². The summed E-state index contributed by atoms with van der Waals surface area (Å²) in [7, 11) is 3.15. The quantitative estimate of drug-likeness (QED) is 0.671. The topological polar surface area (TPSA) is 78.1 Å². The number of hydrogen-bond donors (Lipinski definition) is 2. The number of amides is 2. The molecule has 0 heterocycles. The lowest BCUT2D eigenvalue weighted by atomic mass is 10.3. The van der Waals surface area contributed by atoms with Gasteiger partial charge in [-0.2, -0.15) is 0 Å². The molecule has 7 nitrogen and oxygen atoms in total. The van der Waals surface area contributed by atoms with Crippen LogP contribution in [0.25, 0.3) is 0 Å². The van der Waals surface area contributed by atoms with Gasteiger partial charge in [0.15, 0.2) is 0 Å². The number of carbonyl (C=O) groups is 1. The predicted molar refractivity (Wildman–Crippen MR) is 99.7 cm³/mol. The van der Waals surface area contributed by atoms with Crippen LogP contribution in [0.3, 0.4) is 0 Å². The van der Waals surface area contributed by atoms with Crippen molar-refractivity contribution in [1.29, 1.82) is 0 Å². The number of nitrogens with one attached hydrogen (secondary N) is 2. The molecule has 2 N–H and O–H groups in total. The highest BCUT2D eigenvalue weighted by Gasteiger charge is 2.04. The Balaban J connectivity index is 1.74. The summed E-state index contributed by atoms with van der Waals surface area (Å²) in [6, 6.07) is 12.1. The van der Waals surface area contributed by atoms with E-state index in [1.165, 1.54) is 0 Å². The Kier molecular flexibility index (Phi) is 7.42. The molecule has 0 fully saturated rings. The second kappa shape index (κ2) is 10.0. The van der Waals surface area contributed by atoms with E-state index in [1.54, 1.807) is 56.7 Å². The Hall–Kier alpha value is -3.09. The number of carbonyl (C=O) groups excluding carboxylic acids is 1. The van der Waals surface area contributed by atoms with Gasteiger partial charge in [0.05, 0.1) is 27.4 Å². The summed E-state index contributed by atoms with van der Waals surface area (Å²) in [6.07, 6.45) is 0. The summed E-state index contributed by atoms with van der Waals surface area (Å²) in [6.45, 7) is 3.19. The fraction of sp³-hybridized carbons (Fsp3) is 0.316. The lowest BCUT2D eigenvalue weighted by Gasteiger charge is -2.11. The molecule has 0 radical (unpaired) electrons. The van der Waals surface area contributed by atoms with E-state index in [4.69, 9.17) is 18.9 Å². The van der Waals surface area contributed by atoms with Gasteiger partial charge < -0.3 is 29.6 Å². The van der Waals surface area contributed by atoms with E-state index in [2.05, 4.69) is 10.6 Å². The normalized spacial score (nSPS) is 9.96. The largest absolute Gasteiger partial charge is 0.496 e. The minimum atomic E-state index is -0.305. The van der Waals surface area contributed by atoms with E-state index in [1.807, 2.05) is 6.92 Å². The van der Waals surface area contributed by atoms with Gasteiger partial charge in [0.1, 0.15) is 29.6 Å². The molecule has 0 aliphatic heterocycles. The van der Waals surface area contributed by atoms with Gasteiger partial charge in [0, 0.05) is 23.9 Å². The van der Waals surface area contributed by atoms with E-state index >= 15 is 0 Å². The predicted octanol–water partition coefficient (Wildman–Crippen LogP) is 3.30. The molecule has 0 aromatic heterocycles. The van der Waals surface area contributed by atoms with Crippen LogP contribution in [0.5, 0.6) is 23.0 Å². The Morgan fingerprint density at radius 1 is 0.885 bits per heavy atom. The summed E-state index contributed by atoms with van der Waals surface area (Å²) in [5.74, 6) is 2.65. The molecule has 0 atom stereocenters. The zero-order valence-electron chi connectivity index (χ0n) is 15.2. The van der Waals surface area contributed by atoms with Gasteiger partial charge in [-0.15, -0.1) is 0 Å². The van der Waals surface area contributed by atoms with E-state index in [-0.39, 0.29) is 6.03 Å². The molecule has 2 amide bonds. The van der Waals surface area contributed by atoms with Crippen molar-refractivity contribution < 1.29 is 23.7 Å². The molecule has 0 bridgehead atoms. The minimum Gasteiger partial charge on any atom is -0.496 e. The molecule has 0 aliphatic rings. The van der Waals surface area contributed by atoms with Crippen molar-refractivity contribution in [1.82, 2.24) is 5.32 Å². The molecule has 0 spiro atoms. The van der Waals surface area contributed by atoms with Crippen molar-refractivity contribution in [2.45, 2.75) is 6.92 Å². The van der Waals surface area contributed by atoms with Gasteiger partial charge >= 0.3 is 6.03 Å². The van der Waals surface area contributed by atoms with Crippen LogP contribution in [0.1, 0.15) is 6.92 Å². The first kappa shape index (κ1) is 19.2. The van der Waals surface area contributed by atoms with E-state index < -0.39 is 0 Å². The summed E-state index contributed by atoms with van der Waals surface area (Å²) in [5, 5.41) is 5.47. The van der Waals surface area contributed by atoms with Crippen molar-refractivity contribution in [2.24, 2.45) is 0 Å². The number of anilines is 1. The number of rotatable bonds is 9. The van der Waals surface area contributed by atoms with E-state index in [0.29, 0.717) is 42.7 Å². The van der Waals surface area contributed by atoms with Crippen LogP contribution < -0.4 is 29.6 Å². The maximum Gasteiger partial charge on any atom is 0.319 e. The number of hydrogen-bond acceptors (Lipinski definition) is 5. The summed E-state index contributed by atoms with van der Waals surface area (Å²) < 4.78 is 21.3. The monoisotopic (exact) mass is 360 g/mol.